The zero-order valence-electron chi connectivity index (χ0n) is 16.1. The summed E-state index contributed by atoms with van der Waals surface area (Å²) < 4.78 is 5.30. The van der Waals surface area contributed by atoms with Crippen molar-refractivity contribution in [2.45, 2.75) is 25.9 Å². The minimum absolute atomic E-state index is 0.0705. The van der Waals surface area contributed by atoms with E-state index in [1.54, 1.807) is 29.2 Å². The molecule has 1 N–H and O–H groups in total. The van der Waals surface area contributed by atoms with Crippen LogP contribution in [0.25, 0.3) is 0 Å². The van der Waals surface area contributed by atoms with Gasteiger partial charge in [0.1, 0.15) is 0 Å². The van der Waals surface area contributed by atoms with E-state index in [0.717, 1.165) is 12.0 Å². The second kappa shape index (κ2) is 9.56. The number of nitrogens with zero attached hydrogens (tertiary/aromatic N) is 1. The topological polar surface area (TPSA) is 75.7 Å². The maximum absolute atomic E-state index is 12.4. The van der Waals surface area contributed by atoms with E-state index < -0.39 is 23.9 Å². The molecule has 1 heterocycles. The van der Waals surface area contributed by atoms with E-state index >= 15 is 0 Å². The average molecular weight is 415 g/mol. The molecule has 2 aromatic carbocycles. The van der Waals surface area contributed by atoms with Gasteiger partial charge in [0.15, 0.2) is 6.10 Å². The van der Waals surface area contributed by atoms with Crippen LogP contribution in [0.15, 0.2) is 54.6 Å². The molecule has 2 atom stereocenters. The minimum Gasteiger partial charge on any atom is -0.452 e. The van der Waals surface area contributed by atoms with E-state index in [9.17, 15) is 14.4 Å². The van der Waals surface area contributed by atoms with Crippen molar-refractivity contribution < 1.29 is 19.1 Å². The molecular weight excluding hydrogens is 392 g/mol. The number of ether oxygens (including phenoxy) is 1. The predicted octanol–water partition coefficient (Wildman–Crippen LogP) is 3.30. The molecule has 0 bridgehead atoms. The van der Waals surface area contributed by atoms with E-state index in [0.29, 0.717) is 23.8 Å². The van der Waals surface area contributed by atoms with Crippen molar-refractivity contribution in [2.75, 3.05) is 18.4 Å². The standard InChI is InChI=1S/C22H23ClN2O4/c1-15(21(27)24-19-9-5-8-18(23)13-19)29-22(28)17-12-20(26)25(14-17)11-10-16-6-3-2-4-7-16/h2-9,13,15,17H,10-12,14H2,1H3,(H,24,27)/t15-,17+/m1/s1. The molecule has 2 amide bonds. The van der Waals surface area contributed by atoms with Crippen LogP contribution >= 0.6 is 11.6 Å². The van der Waals surface area contributed by atoms with Crippen molar-refractivity contribution in [1.29, 1.82) is 0 Å². The number of hydrogen-bond acceptors (Lipinski definition) is 4. The molecule has 0 saturated carbocycles. The van der Waals surface area contributed by atoms with Gasteiger partial charge < -0.3 is 15.0 Å². The van der Waals surface area contributed by atoms with Crippen LogP contribution in [0.1, 0.15) is 18.9 Å². The molecule has 0 aromatic heterocycles. The van der Waals surface area contributed by atoms with Gasteiger partial charge in [-0.15, -0.1) is 0 Å². The summed E-state index contributed by atoms with van der Waals surface area (Å²) in [5.74, 6) is -1.61. The zero-order chi connectivity index (χ0) is 20.8. The molecule has 29 heavy (non-hydrogen) atoms. The molecule has 0 unspecified atom stereocenters. The number of amides is 2. The number of anilines is 1. The Kier molecular flexibility index (Phi) is 6.88. The number of halogens is 1. The monoisotopic (exact) mass is 414 g/mol. The second-order valence-electron chi connectivity index (χ2n) is 7.06. The molecule has 3 rings (SSSR count). The van der Waals surface area contributed by atoms with Gasteiger partial charge in [-0.05, 0) is 37.1 Å². The van der Waals surface area contributed by atoms with E-state index in [2.05, 4.69) is 5.32 Å². The van der Waals surface area contributed by atoms with E-state index in [-0.39, 0.29) is 12.3 Å². The Labute approximate surface area is 174 Å². The van der Waals surface area contributed by atoms with Crippen molar-refractivity contribution in [3.63, 3.8) is 0 Å². The highest BCUT2D eigenvalue weighted by atomic mass is 35.5. The Bertz CT molecular complexity index is 887. The Balaban J connectivity index is 1.48. The lowest BCUT2D eigenvalue weighted by atomic mass is 10.1. The second-order valence-corrected chi connectivity index (χ2v) is 7.49. The summed E-state index contributed by atoms with van der Waals surface area (Å²) in [6.07, 6.45) is -0.141. The van der Waals surface area contributed by atoms with Gasteiger partial charge in [0.05, 0.1) is 5.92 Å². The number of rotatable bonds is 7. The maximum Gasteiger partial charge on any atom is 0.312 e. The molecule has 7 heteroatoms. The summed E-state index contributed by atoms with van der Waals surface area (Å²) in [6.45, 7) is 2.37. The molecule has 1 saturated heterocycles. The van der Waals surface area contributed by atoms with E-state index in [1.807, 2.05) is 30.3 Å². The first kappa shape index (κ1) is 20.9. The lowest BCUT2D eigenvalue weighted by Gasteiger charge is -2.18. The molecule has 2 aromatic rings. The summed E-state index contributed by atoms with van der Waals surface area (Å²) in [6, 6.07) is 16.6. The van der Waals surface area contributed by atoms with Crippen LogP contribution < -0.4 is 5.32 Å². The number of hydrogen-bond donors (Lipinski definition) is 1. The molecule has 152 valence electrons. The Morgan fingerprint density at radius 3 is 2.69 bits per heavy atom. The molecular formula is C22H23ClN2O4. The summed E-state index contributed by atoms with van der Waals surface area (Å²) in [7, 11) is 0. The Morgan fingerprint density at radius 1 is 1.21 bits per heavy atom. The van der Waals surface area contributed by atoms with Crippen LogP contribution in [0.3, 0.4) is 0 Å². The van der Waals surface area contributed by atoms with Crippen molar-refractivity contribution in [2.24, 2.45) is 5.92 Å². The molecule has 0 aliphatic carbocycles. The van der Waals surface area contributed by atoms with Gasteiger partial charge in [0, 0.05) is 30.2 Å². The van der Waals surface area contributed by atoms with Crippen LogP contribution in [0.2, 0.25) is 5.02 Å². The van der Waals surface area contributed by atoms with Gasteiger partial charge in [0.25, 0.3) is 5.91 Å². The highest BCUT2D eigenvalue weighted by molar-refractivity contribution is 6.30. The number of carbonyl (C=O) groups excluding carboxylic acids is 3. The average Bonchev–Trinajstić information content (AvgIpc) is 3.08. The van der Waals surface area contributed by atoms with Crippen LogP contribution in [0.5, 0.6) is 0 Å². The van der Waals surface area contributed by atoms with E-state index in [1.165, 1.54) is 6.92 Å². The van der Waals surface area contributed by atoms with Crippen LogP contribution in [0.4, 0.5) is 5.69 Å². The Hall–Kier alpha value is -2.86. The highest BCUT2D eigenvalue weighted by Crippen LogP contribution is 2.21. The van der Waals surface area contributed by atoms with Crippen LogP contribution in [0, 0.1) is 5.92 Å². The number of likely N-dealkylation sites (tertiary alicyclic amines) is 1. The number of carbonyl (C=O) groups is 3. The Morgan fingerprint density at radius 2 is 1.97 bits per heavy atom. The smallest absolute Gasteiger partial charge is 0.312 e. The van der Waals surface area contributed by atoms with Crippen LogP contribution in [-0.4, -0.2) is 41.9 Å². The van der Waals surface area contributed by atoms with Crippen molar-refractivity contribution in [3.8, 4) is 0 Å². The van der Waals surface area contributed by atoms with Crippen molar-refractivity contribution >= 4 is 35.1 Å². The maximum atomic E-state index is 12.4. The first-order chi connectivity index (χ1) is 13.9. The van der Waals surface area contributed by atoms with Gasteiger partial charge in [-0.1, -0.05) is 48.0 Å². The highest BCUT2D eigenvalue weighted by Gasteiger charge is 2.36. The number of benzene rings is 2. The molecule has 6 nitrogen and oxygen atoms in total. The van der Waals surface area contributed by atoms with Gasteiger partial charge in [-0.25, -0.2) is 0 Å². The molecule has 0 radical (unpaired) electrons. The lowest BCUT2D eigenvalue weighted by Crippen LogP contribution is -2.33. The zero-order valence-corrected chi connectivity index (χ0v) is 16.9. The van der Waals surface area contributed by atoms with E-state index in [4.69, 9.17) is 16.3 Å². The quantitative estimate of drug-likeness (QED) is 0.705. The third kappa shape index (κ3) is 5.81. The van der Waals surface area contributed by atoms with Gasteiger partial charge in [-0.3, -0.25) is 14.4 Å². The summed E-state index contributed by atoms with van der Waals surface area (Å²) in [5, 5.41) is 3.15. The fourth-order valence-corrected chi connectivity index (χ4v) is 3.38. The largest absolute Gasteiger partial charge is 0.452 e. The molecule has 0 spiro atoms. The third-order valence-electron chi connectivity index (χ3n) is 4.82. The summed E-state index contributed by atoms with van der Waals surface area (Å²) >= 11 is 5.90. The van der Waals surface area contributed by atoms with Crippen molar-refractivity contribution in [1.82, 2.24) is 4.90 Å². The van der Waals surface area contributed by atoms with Gasteiger partial charge in [0.2, 0.25) is 5.91 Å². The van der Waals surface area contributed by atoms with Crippen molar-refractivity contribution in [3.05, 3.63) is 65.2 Å². The van der Waals surface area contributed by atoms with Gasteiger partial charge in [-0.2, -0.15) is 0 Å². The summed E-state index contributed by atoms with van der Waals surface area (Å²) in [4.78, 5) is 38.6. The normalized spacial score (nSPS) is 17.1. The SMILES string of the molecule is C[C@@H](OC(=O)[C@H]1CC(=O)N(CCc2ccccc2)C1)C(=O)Nc1cccc(Cl)c1. The first-order valence-corrected chi connectivity index (χ1v) is 9.89. The van der Waals surface area contributed by atoms with Crippen LogP contribution in [-0.2, 0) is 25.5 Å². The summed E-state index contributed by atoms with van der Waals surface area (Å²) in [5.41, 5.74) is 1.66. The number of esters is 1. The molecule has 1 fully saturated rings. The van der Waals surface area contributed by atoms with Gasteiger partial charge >= 0.3 is 5.97 Å². The fraction of sp³-hybridized carbons (Fsp3) is 0.318. The third-order valence-corrected chi connectivity index (χ3v) is 5.05. The molecule has 1 aliphatic heterocycles. The lowest BCUT2D eigenvalue weighted by molar-refractivity contribution is -0.157. The predicted molar refractivity (Wildman–Crippen MR) is 110 cm³/mol. The minimum atomic E-state index is -0.977. The molecule has 1 aliphatic rings. The fourth-order valence-electron chi connectivity index (χ4n) is 3.19. The first-order valence-electron chi connectivity index (χ1n) is 9.51. The number of nitrogens with one attached hydrogen (secondary N) is 1.